The molecule has 1 aliphatic rings. The zero-order chi connectivity index (χ0) is 21.2. The van der Waals surface area contributed by atoms with Gasteiger partial charge in [-0.15, -0.1) is 0 Å². The van der Waals surface area contributed by atoms with Crippen molar-refractivity contribution >= 4 is 15.8 Å². The smallest absolute Gasteiger partial charge is 0.243 e. The van der Waals surface area contributed by atoms with Crippen molar-refractivity contribution in [3.05, 3.63) is 53.7 Å². The number of rotatable bonds is 6. The zero-order valence-electron chi connectivity index (χ0n) is 18.2. The van der Waals surface area contributed by atoms with Gasteiger partial charge < -0.3 is 4.90 Å². The molecule has 1 atom stereocenters. The molecule has 0 amide bonds. The highest BCUT2D eigenvalue weighted by molar-refractivity contribution is 7.89. The van der Waals surface area contributed by atoms with E-state index in [2.05, 4.69) is 32.6 Å². The maximum atomic E-state index is 13.3. The van der Waals surface area contributed by atoms with Crippen molar-refractivity contribution in [3.8, 4) is 0 Å². The third kappa shape index (κ3) is 4.64. The lowest BCUT2D eigenvalue weighted by Crippen LogP contribution is -2.39. The summed E-state index contributed by atoms with van der Waals surface area (Å²) in [7, 11) is -3.53. The lowest BCUT2D eigenvalue weighted by molar-refractivity contribution is 0.255. The fraction of sp³-hybridized carbons (Fsp3) is 0.522. The van der Waals surface area contributed by atoms with E-state index >= 15 is 0 Å². The van der Waals surface area contributed by atoms with E-state index < -0.39 is 10.0 Å². The highest BCUT2D eigenvalue weighted by atomic mass is 32.2. The zero-order valence-corrected chi connectivity index (χ0v) is 19.0. The average molecular weight is 416 g/mol. The molecule has 3 rings (SSSR count). The van der Waals surface area contributed by atoms with Crippen LogP contribution in [0.3, 0.4) is 0 Å². The first-order valence-electron chi connectivity index (χ1n) is 10.5. The molecular weight excluding hydrogens is 382 g/mol. The summed E-state index contributed by atoms with van der Waals surface area (Å²) in [5.41, 5.74) is 2.02. The molecule has 0 aliphatic carbocycles. The van der Waals surface area contributed by atoms with Gasteiger partial charge in [-0.25, -0.2) is 13.4 Å². The first-order valence-corrected chi connectivity index (χ1v) is 12.0. The maximum absolute atomic E-state index is 13.3. The SMILES string of the molecule is Cc1ccc(S(=O)(=O)N2CCCC[C@@H]2c2ccc(N(C(C)C)C(C)C)nc2)cc1. The number of nitrogens with zero attached hydrogens (tertiary/aromatic N) is 3. The third-order valence-corrected chi connectivity index (χ3v) is 7.54. The number of sulfonamides is 1. The van der Waals surface area contributed by atoms with Gasteiger partial charge in [0, 0.05) is 24.8 Å². The Hall–Kier alpha value is -1.92. The van der Waals surface area contributed by atoms with Crippen LogP contribution in [-0.4, -0.2) is 36.3 Å². The Labute approximate surface area is 175 Å². The van der Waals surface area contributed by atoms with Gasteiger partial charge in [0.25, 0.3) is 0 Å². The van der Waals surface area contributed by atoms with Crippen LogP contribution in [-0.2, 0) is 10.0 Å². The van der Waals surface area contributed by atoms with E-state index in [4.69, 9.17) is 4.98 Å². The Bertz CT molecular complexity index is 898. The van der Waals surface area contributed by atoms with Crippen LogP contribution in [0, 0.1) is 6.92 Å². The number of aromatic nitrogens is 1. The number of piperidine rings is 1. The molecule has 1 aliphatic heterocycles. The maximum Gasteiger partial charge on any atom is 0.243 e. The fourth-order valence-corrected chi connectivity index (χ4v) is 5.93. The van der Waals surface area contributed by atoms with E-state index in [1.54, 1.807) is 16.4 Å². The molecule has 1 aromatic heterocycles. The molecule has 0 saturated carbocycles. The highest BCUT2D eigenvalue weighted by Gasteiger charge is 2.34. The van der Waals surface area contributed by atoms with Gasteiger partial charge in [-0.05, 0) is 71.2 Å². The molecule has 0 N–H and O–H groups in total. The molecule has 2 heterocycles. The van der Waals surface area contributed by atoms with Gasteiger partial charge in [0.15, 0.2) is 0 Å². The van der Waals surface area contributed by atoms with Crippen LogP contribution in [0.15, 0.2) is 47.5 Å². The van der Waals surface area contributed by atoms with Gasteiger partial charge in [-0.1, -0.05) is 30.2 Å². The molecule has 0 bridgehead atoms. The van der Waals surface area contributed by atoms with E-state index in [0.717, 1.165) is 36.2 Å². The van der Waals surface area contributed by atoms with Crippen LogP contribution < -0.4 is 4.90 Å². The summed E-state index contributed by atoms with van der Waals surface area (Å²) in [6.45, 7) is 11.1. The van der Waals surface area contributed by atoms with Crippen LogP contribution in [0.4, 0.5) is 5.82 Å². The number of aryl methyl sites for hydroxylation is 1. The summed E-state index contributed by atoms with van der Waals surface area (Å²) >= 11 is 0. The molecule has 158 valence electrons. The summed E-state index contributed by atoms with van der Waals surface area (Å²) in [4.78, 5) is 7.34. The van der Waals surface area contributed by atoms with Crippen LogP contribution in [0.2, 0.25) is 0 Å². The second kappa shape index (κ2) is 8.84. The summed E-state index contributed by atoms with van der Waals surface area (Å²) in [5, 5.41) is 0. The third-order valence-electron chi connectivity index (χ3n) is 5.61. The number of benzene rings is 1. The Morgan fingerprint density at radius 2 is 1.66 bits per heavy atom. The first kappa shape index (κ1) is 21.8. The lowest BCUT2D eigenvalue weighted by atomic mass is 9.99. The molecule has 1 saturated heterocycles. The number of pyridine rings is 1. The van der Waals surface area contributed by atoms with Crippen molar-refractivity contribution in [1.29, 1.82) is 0 Å². The molecule has 0 unspecified atom stereocenters. The molecule has 0 spiro atoms. The monoisotopic (exact) mass is 415 g/mol. The summed E-state index contributed by atoms with van der Waals surface area (Å²) in [6.07, 6.45) is 4.60. The molecule has 0 radical (unpaired) electrons. The summed E-state index contributed by atoms with van der Waals surface area (Å²) < 4.78 is 28.3. The van der Waals surface area contributed by atoms with Gasteiger partial charge in [-0.3, -0.25) is 0 Å². The Morgan fingerprint density at radius 1 is 1.00 bits per heavy atom. The van der Waals surface area contributed by atoms with Gasteiger partial charge in [-0.2, -0.15) is 4.31 Å². The normalized spacial score (nSPS) is 18.4. The standard InChI is InChI=1S/C23H33N3O2S/c1-17(2)26(18(3)4)23-14-11-20(16-24-23)22-8-6-7-15-25(22)29(27,28)21-12-9-19(5)10-13-21/h9-14,16-18,22H,6-8,15H2,1-5H3/t22-/m1/s1. The second-order valence-corrected chi connectivity index (χ2v) is 10.4. The van der Waals surface area contributed by atoms with E-state index in [1.165, 1.54) is 0 Å². The Kier molecular flexibility index (Phi) is 6.64. The van der Waals surface area contributed by atoms with Gasteiger partial charge in [0.1, 0.15) is 5.82 Å². The van der Waals surface area contributed by atoms with E-state index in [-0.39, 0.29) is 6.04 Å². The Morgan fingerprint density at radius 3 is 2.21 bits per heavy atom. The Balaban J connectivity index is 1.91. The minimum Gasteiger partial charge on any atom is -0.352 e. The number of hydrogen-bond acceptors (Lipinski definition) is 4. The van der Waals surface area contributed by atoms with E-state index in [1.807, 2.05) is 37.4 Å². The quantitative estimate of drug-likeness (QED) is 0.671. The van der Waals surface area contributed by atoms with Crippen molar-refractivity contribution < 1.29 is 8.42 Å². The lowest BCUT2D eigenvalue weighted by Gasteiger charge is -2.35. The molecule has 2 aromatic rings. The molecule has 29 heavy (non-hydrogen) atoms. The minimum atomic E-state index is -3.53. The van der Waals surface area contributed by atoms with Crippen LogP contribution in [0.5, 0.6) is 0 Å². The fourth-order valence-electron chi connectivity index (χ4n) is 4.24. The van der Waals surface area contributed by atoms with Crippen molar-refractivity contribution in [2.24, 2.45) is 0 Å². The molecular formula is C23H33N3O2S. The largest absolute Gasteiger partial charge is 0.352 e. The predicted molar refractivity (Wildman–Crippen MR) is 119 cm³/mol. The number of hydrogen-bond donors (Lipinski definition) is 0. The van der Waals surface area contributed by atoms with Crippen LogP contribution in [0.1, 0.15) is 64.1 Å². The van der Waals surface area contributed by atoms with E-state index in [9.17, 15) is 8.42 Å². The molecule has 6 heteroatoms. The first-order chi connectivity index (χ1) is 13.7. The van der Waals surface area contributed by atoms with Crippen molar-refractivity contribution in [3.63, 3.8) is 0 Å². The minimum absolute atomic E-state index is 0.164. The summed E-state index contributed by atoms with van der Waals surface area (Å²) in [5.74, 6) is 0.933. The highest BCUT2D eigenvalue weighted by Crippen LogP contribution is 2.35. The molecule has 1 aromatic carbocycles. The van der Waals surface area contributed by atoms with Crippen LogP contribution in [0.25, 0.3) is 0 Å². The van der Waals surface area contributed by atoms with Crippen LogP contribution >= 0.6 is 0 Å². The average Bonchev–Trinajstić information content (AvgIpc) is 2.68. The second-order valence-electron chi connectivity index (χ2n) is 8.48. The number of anilines is 1. The van der Waals surface area contributed by atoms with Crippen molar-refractivity contribution in [2.75, 3.05) is 11.4 Å². The predicted octanol–water partition coefficient (Wildman–Crippen LogP) is 4.93. The van der Waals surface area contributed by atoms with E-state index in [0.29, 0.717) is 23.5 Å². The van der Waals surface area contributed by atoms with Crippen molar-refractivity contribution in [2.45, 2.75) is 76.9 Å². The summed E-state index contributed by atoms with van der Waals surface area (Å²) in [6, 6.07) is 11.7. The van der Waals surface area contributed by atoms with Crippen molar-refractivity contribution in [1.82, 2.24) is 9.29 Å². The molecule has 5 nitrogen and oxygen atoms in total. The molecule has 1 fully saturated rings. The topological polar surface area (TPSA) is 53.5 Å². The van der Waals surface area contributed by atoms with Gasteiger partial charge in [0.05, 0.1) is 10.9 Å². The van der Waals surface area contributed by atoms with Gasteiger partial charge in [0.2, 0.25) is 10.0 Å². The van der Waals surface area contributed by atoms with Gasteiger partial charge >= 0.3 is 0 Å².